The van der Waals surface area contributed by atoms with Crippen LogP contribution in [-0.4, -0.2) is 68.1 Å². The summed E-state index contributed by atoms with van der Waals surface area (Å²) in [6, 6.07) is 16.5. The number of rotatable bonds is 6. The molecule has 0 saturated carbocycles. The zero-order chi connectivity index (χ0) is 22.7. The van der Waals surface area contributed by atoms with Gasteiger partial charge in [-0.15, -0.1) is 0 Å². The third-order valence-corrected chi connectivity index (χ3v) is 7.31. The van der Waals surface area contributed by atoms with Crippen LogP contribution in [0, 0.1) is 12.8 Å². The first-order valence-electron chi connectivity index (χ1n) is 11.5. The third-order valence-electron chi connectivity index (χ3n) is 6.90. The second kappa shape index (κ2) is 9.97. The van der Waals surface area contributed by atoms with Gasteiger partial charge in [0.1, 0.15) is 0 Å². The number of benzene rings is 2. The molecule has 1 saturated heterocycles. The second-order valence-electron chi connectivity index (χ2n) is 8.80. The second-order valence-corrected chi connectivity index (χ2v) is 9.21. The number of nitrogens with one attached hydrogen (secondary N) is 1. The zero-order valence-corrected chi connectivity index (χ0v) is 20.0. The highest BCUT2D eigenvalue weighted by atomic mass is 35.5. The Kier molecular flexibility index (Phi) is 7.07. The molecule has 5 nitrogen and oxygen atoms in total. The summed E-state index contributed by atoms with van der Waals surface area (Å²) < 4.78 is 0. The van der Waals surface area contributed by atoms with Crippen LogP contribution in [0.3, 0.4) is 0 Å². The molecule has 0 aromatic heterocycles. The van der Waals surface area contributed by atoms with E-state index in [1.165, 1.54) is 5.69 Å². The minimum absolute atomic E-state index is 0.114. The van der Waals surface area contributed by atoms with Crippen LogP contribution in [0.5, 0.6) is 0 Å². The monoisotopic (exact) mass is 452 g/mol. The highest BCUT2D eigenvalue weighted by molar-refractivity contribution is 6.31. The number of carbonyl (C=O) groups is 1. The Bertz CT molecular complexity index is 969. The van der Waals surface area contributed by atoms with E-state index in [1.807, 2.05) is 30.3 Å². The molecule has 2 atom stereocenters. The molecule has 4 rings (SSSR count). The quantitative estimate of drug-likeness (QED) is 0.722. The van der Waals surface area contributed by atoms with Crippen molar-refractivity contribution in [3.8, 4) is 0 Å². The van der Waals surface area contributed by atoms with Gasteiger partial charge in [-0.05, 0) is 43.2 Å². The first-order chi connectivity index (χ1) is 15.5. The van der Waals surface area contributed by atoms with Gasteiger partial charge in [-0.2, -0.15) is 0 Å². The fourth-order valence-electron chi connectivity index (χ4n) is 4.70. The number of anilines is 1. The van der Waals surface area contributed by atoms with Crippen LogP contribution in [0.25, 0.3) is 5.70 Å². The molecule has 0 spiro atoms. The number of halogens is 1. The van der Waals surface area contributed by atoms with Crippen molar-refractivity contribution < 1.29 is 4.79 Å². The van der Waals surface area contributed by atoms with E-state index in [4.69, 9.17) is 11.6 Å². The lowest BCUT2D eigenvalue weighted by Gasteiger charge is -2.37. The van der Waals surface area contributed by atoms with Crippen molar-refractivity contribution in [2.75, 3.05) is 51.2 Å². The lowest BCUT2D eigenvalue weighted by Crippen LogP contribution is -2.49. The highest BCUT2D eigenvalue weighted by Gasteiger charge is 2.34. The topological polar surface area (TPSA) is 38.8 Å². The van der Waals surface area contributed by atoms with Crippen LogP contribution in [0.15, 0.2) is 54.6 Å². The number of hydrogen-bond acceptors (Lipinski definition) is 4. The van der Waals surface area contributed by atoms with E-state index in [9.17, 15) is 4.79 Å². The van der Waals surface area contributed by atoms with Gasteiger partial charge < -0.3 is 15.1 Å². The molecule has 2 aliphatic rings. The van der Waals surface area contributed by atoms with Gasteiger partial charge in [0.15, 0.2) is 0 Å². The van der Waals surface area contributed by atoms with Crippen molar-refractivity contribution in [3.05, 3.63) is 70.8 Å². The van der Waals surface area contributed by atoms with E-state index >= 15 is 0 Å². The van der Waals surface area contributed by atoms with Gasteiger partial charge in [-0.25, -0.2) is 0 Å². The first-order valence-corrected chi connectivity index (χ1v) is 11.8. The molecule has 0 radical (unpaired) electrons. The Hall–Kier alpha value is -2.50. The van der Waals surface area contributed by atoms with E-state index in [0.717, 1.165) is 54.6 Å². The lowest BCUT2D eigenvalue weighted by molar-refractivity contribution is -0.124. The van der Waals surface area contributed by atoms with Crippen molar-refractivity contribution in [1.29, 1.82) is 0 Å². The van der Waals surface area contributed by atoms with E-state index < -0.39 is 0 Å². The minimum atomic E-state index is -0.127. The molecule has 2 aromatic carbocycles. The number of carbonyl (C=O) groups excluding carboxylic acids is 1. The summed E-state index contributed by atoms with van der Waals surface area (Å²) in [5, 5.41) is 3.99. The van der Waals surface area contributed by atoms with E-state index in [2.05, 4.69) is 65.2 Å². The van der Waals surface area contributed by atoms with E-state index in [0.29, 0.717) is 6.54 Å². The predicted molar refractivity (Wildman–Crippen MR) is 133 cm³/mol. The fraction of sp³-hybridized carbons (Fsp3) is 0.423. The van der Waals surface area contributed by atoms with Crippen molar-refractivity contribution in [1.82, 2.24) is 15.1 Å². The van der Waals surface area contributed by atoms with Crippen LogP contribution < -0.4 is 10.2 Å². The predicted octanol–water partition coefficient (Wildman–Crippen LogP) is 3.88. The maximum atomic E-state index is 12.9. The summed E-state index contributed by atoms with van der Waals surface area (Å²) in [4.78, 5) is 19.9. The normalized spacial score (nSPS) is 21.6. The Labute approximate surface area is 196 Å². The molecule has 2 aromatic rings. The Balaban J connectivity index is 1.26. The third kappa shape index (κ3) is 4.79. The Morgan fingerprint density at radius 2 is 1.78 bits per heavy atom. The number of nitrogens with zero attached hydrogens (tertiary/aromatic N) is 3. The maximum Gasteiger partial charge on any atom is 0.229 e. The Morgan fingerprint density at radius 1 is 1.06 bits per heavy atom. The van der Waals surface area contributed by atoms with E-state index in [1.54, 1.807) is 0 Å². The van der Waals surface area contributed by atoms with E-state index in [-0.39, 0.29) is 17.9 Å². The van der Waals surface area contributed by atoms with Gasteiger partial charge in [-0.1, -0.05) is 48.0 Å². The number of piperazine rings is 1. The van der Waals surface area contributed by atoms with Gasteiger partial charge in [0.2, 0.25) is 5.91 Å². The number of hydrogen-bond donors (Lipinski definition) is 1. The summed E-state index contributed by atoms with van der Waals surface area (Å²) in [6.45, 7) is 9.68. The molecule has 1 fully saturated rings. The molecule has 1 N–H and O–H groups in total. The van der Waals surface area contributed by atoms with Gasteiger partial charge >= 0.3 is 0 Å². The summed E-state index contributed by atoms with van der Waals surface area (Å²) in [5.74, 6) is -0.0127. The number of amides is 1. The molecule has 0 bridgehead atoms. The van der Waals surface area contributed by atoms with Crippen molar-refractivity contribution in [3.63, 3.8) is 0 Å². The molecule has 2 aliphatic heterocycles. The average Bonchev–Trinajstić information content (AvgIpc) is 3.11. The van der Waals surface area contributed by atoms with Crippen molar-refractivity contribution >= 4 is 28.9 Å². The Morgan fingerprint density at radius 3 is 2.50 bits per heavy atom. The SMILES string of the molecule is Cc1c(Cl)cccc1N1CCN(CCNC(=O)C2C=C(c3ccccc3)N(C)C2C)CC1. The van der Waals surface area contributed by atoms with Gasteiger partial charge in [0, 0.05) is 68.8 Å². The zero-order valence-electron chi connectivity index (χ0n) is 19.2. The molecular formula is C26H33ClN4O. The smallest absolute Gasteiger partial charge is 0.229 e. The maximum absolute atomic E-state index is 12.9. The minimum Gasteiger partial charge on any atom is -0.371 e. The van der Waals surface area contributed by atoms with Gasteiger partial charge in [0.05, 0.1) is 5.92 Å². The largest absolute Gasteiger partial charge is 0.371 e. The summed E-state index contributed by atoms with van der Waals surface area (Å²) in [7, 11) is 2.07. The molecule has 32 heavy (non-hydrogen) atoms. The molecular weight excluding hydrogens is 420 g/mol. The lowest BCUT2D eigenvalue weighted by atomic mass is 10.0. The van der Waals surface area contributed by atoms with Crippen LogP contribution in [0.1, 0.15) is 18.1 Å². The fourth-order valence-corrected chi connectivity index (χ4v) is 4.87. The summed E-state index contributed by atoms with van der Waals surface area (Å²) in [6.07, 6.45) is 2.11. The van der Waals surface area contributed by atoms with Crippen LogP contribution in [0.4, 0.5) is 5.69 Å². The average molecular weight is 453 g/mol. The molecule has 2 heterocycles. The van der Waals surface area contributed by atoms with Crippen molar-refractivity contribution in [2.24, 2.45) is 5.92 Å². The van der Waals surface area contributed by atoms with Crippen LogP contribution in [-0.2, 0) is 4.79 Å². The highest BCUT2D eigenvalue weighted by Crippen LogP contribution is 2.32. The van der Waals surface area contributed by atoms with Crippen molar-refractivity contribution in [2.45, 2.75) is 19.9 Å². The molecule has 1 amide bonds. The first kappa shape index (κ1) is 22.7. The molecule has 6 heteroatoms. The summed E-state index contributed by atoms with van der Waals surface area (Å²) >= 11 is 6.29. The molecule has 2 unspecified atom stereocenters. The van der Waals surface area contributed by atoms with Gasteiger partial charge in [0.25, 0.3) is 0 Å². The van der Waals surface area contributed by atoms with Crippen LogP contribution in [0.2, 0.25) is 5.02 Å². The van der Waals surface area contributed by atoms with Gasteiger partial charge in [-0.3, -0.25) is 9.69 Å². The molecule has 0 aliphatic carbocycles. The van der Waals surface area contributed by atoms with Crippen LogP contribution >= 0.6 is 11.6 Å². The molecule has 170 valence electrons. The standard InChI is InChI=1S/C26H33ClN4O/c1-19-23(27)10-7-11-24(19)31-16-14-30(15-17-31)13-12-28-26(32)22-18-25(29(3)20(22)2)21-8-5-4-6-9-21/h4-11,18,20,22H,12-17H2,1-3H3,(H,28,32). The summed E-state index contributed by atoms with van der Waals surface area (Å²) in [5.41, 5.74) is 4.66.